The van der Waals surface area contributed by atoms with E-state index in [0.29, 0.717) is 0 Å². The van der Waals surface area contributed by atoms with Gasteiger partial charge in [-0.1, -0.05) is 15.9 Å². The van der Waals surface area contributed by atoms with E-state index in [1.165, 1.54) is 0 Å². The van der Waals surface area contributed by atoms with E-state index in [4.69, 9.17) is 5.11 Å². The minimum atomic E-state index is -1.37. The second-order valence-corrected chi connectivity index (χ2v) is 3.76. The molecule has 0 aliphatic carbocycles. The number of aliphatic hydroxyl groups is 1. The molecular formula is C9H7BrF2O3. The van der Waals surface area contributed by atoms with Crippen LogP contribution in [-0.4, -0.2) is 16.2 Å². The van der Waals surface area contributed by atoms with Gasteiger partial charge in [-0.2, -0.15) is 0 Å². The van der Waals surface area contributed by atoms with Crippen molar-refractivity contribution in [2.45, 2.75) is 12.5 Å². The summed E-state index contributed by atoms with van der Waals surface area (Å²) in [5.41, 5.74) is 0.0105. The summed E-state index contributed by atoms with van der Waals surface area (Å²) in [5.74, 6) is -3.41. The molecule has 1 aromatic rings. The number of carboxylic acids is 1. The normalized spacial score (nSPS) is 12.5. The minimum Gasteiger partial charge on any atom is -0.481 e. The molecular weight excluding hydrogens is 274 g/mol. The molecule has 0 heterocycles. The number of rotatable bonds is 3. The molecule has 3 nitrogen and oxygen atoms in total. The van der Waals surface area contributed by atoms with Gasteiger partial charge in [0, 0.05) is 4.47 Å². The Kier molecular flexibility index (Phi) is 3.76. The maximum absolute atomic E-state index is 12.8. The van der Waals surface area contributed by atoms with E-state index in [0.717, 1.165) is 12.1 Å². The summed E-state index contributed by atoms with van der Waals surface area (Å²) < 4.78 is 25.6. The maximum atomic E-state index is 12.8. The molecule has 1 aromatic carbocycles. The van der Waals surface area contributed by atoms with Gasteiger partial charge in [-0.15, -0.1) is 0 Å². The molecule has 0 saturated carbocycles. The third kappa shape index (κ3) is 2.97. The van der Waals surface area contributed by atoms with Crippen molar-refractivity contribution in [3.8, 4) is 0 Å². The molecule has 0 bridgehead atoms. The zero-order valence-electron chi connectivity index (χ0n) is 7.38. The first-order valence-corrected chi connectivity index (χ1v) is 4.75. The highest BCUT2D eigenvalue weighted by molar-refractivity contribution is 9.10. The Bertz CT molecular complexity index is 395. The summed E-state index contributed by atoms with van der Waals surface area (Å²) in [6.45, 7) is 0. The van der Waals surface area contributed by atoms with Crippen molar-refractivity contribution in [3.05, 3.63) is 33.8 Å². The average Bonchev–Trinajstić information content (AvgIpc) is 2.09. The van der Waals surface area contributed by atoms with E-state index in [9.17, 15) is 18.7 Å². The van der Waals surface area contributed by atoms with Crippen LogP contribution in [0.3, 0.4) is 0 Å². The first-order valence-electron chi connectivity index (χ1n) is 3.96. The van der Waals surface area contributed by atoms with Crippen LogP contribution in [0.2, 0.25) is 0 Å². The molecule has 0 fully saturated rings. The fourth-order valence-corrected chi connectivity index (χ4v) is 1.65. The largest absolute Gasteiger partial charge is 0.481 e. The summed E-state index contributed by atoms with van der Waals surface area (Å²) >= 11 is 2.91. The van der Waals surface area contributed by atoms with E-state index >= 15 is 0 Å². The molecule has 1 rings (SSSR count). The summed E-state index contributed by atoms with van der Waals surface area (Å²) in [6.07, 6.45) is -1.93. The molecule has 0 aliphatic rings. The highest BCUT2D eigenvalue weighted by Gasteiger charge is 2.17. The number of hydrogen-bond acceptors (Lipinski definition) is 2. The van der Waals surface area contributed by atoms with Gasteiger partial charge in [-0.25, -0.2) is 8.78 Å². The third-order valence-electron chi connectivity index (χ3n) is 1.77. The van der Waals surface area contributed by atoms with Crippen molar-refractivity contribution in [2.24, 2.45) is 0 Å². The Balaban J connectivity index is 3.03. The van der Waals surface area contributed by atoms with E-state index < -0.39 is 30.1 Å². The second-order valence-electron chi connectivity index (χ2n) is 2.90. The van der Waals surface area contributed by atoms with Gasteiger partial charge in [-0.05, 0) is 17.7 Å². The summed E-state index contributed by atoms with van der Waals surface area (Å²) in [4.78, 5) is 10.3. The molecule has 0 aromatic heterocycles. The van der Waals surface area contributed by atoms with Gasteiger partial charge in [0.2, 0.25) is 0 Å². The molecule has 1 atom stereocenters. The molecule has 15 heavy (non-hydrogen) atoms. The number of benzene rings is 1. The van der Waals surface area contributed by atoms with Gasteiger partial charge in [0.15, 0.2) is 11.6 Å². The van der Waals surface area contributed by atoms with Crippen LogP contribution in [-0.2, 0) is 4.79 Å². The van der Waals surface area contributed by atoms with Gasteiger partial charge in [0.05, 0.1) is 12.5 Å². The van der Waals surface area contributed by atoms with Gasteiger partial charge in [-0.3, -0.25) is 4.79 Å². The van der Waals surface area contributed by atoms with Crippen molar-refractivity contribution in [1.82, 2.24) is 0 Å². The summed E-state index contributed by atoms with van der Waals surface area (Å²) in [6, 6.07) is 1.61. The molecule has 0 amide bonds. The topological polar surface area (TPSA) is 57.5 Å². The Hall–Kier alpha value is -1.01. The number of aliphatic hydroxyl groups excluding tert-OH is 1. The maximum Gasteiger partial charge on any atom is 0.306 e. The highest BCUT2D eigenvalue weighted by Crippen LogP contribution is 2.27. The van der Waals surface area contributed by atoms with Crippen LogP contribution in [0, 0.1) is 11.6 Å². The van der Waals surface area contributed by atoms with Crippen molar-refractivity contribution >= 4 is 21.9 Å². The van der Waals surface area contributed by atoms with Gasteiger partial charge < -0.3 is 10.2 Å². The molecule has 0 radical (unpaired) electrons. The van der Waals surface area contributed by atoms with Crippen LogP contribution in [0.4, 0.5) is 8.78 Å². The Morgan fingerprint density at radius 1 is 1.40 bits per heavy atom. The smallest absolute Gasteiger partial charge is 0.306 e. The third-order valence-corrected chi connectivity index (χ3v) is 2.45. The van der Waals surface area contributed by atoms with E-state index in [-0.39, 0.29) is 10.0 Å². The Morgan fingerprint density at radius 2 is 1.93 bits per heavy atom. The van der Waals surface area contributed by atoms with Crippen molar-refractivity contribution in [1.29, 1.82) is 0 Å². The first-order chi connectivity index (χ1) is 6.91. The van der Waals surface area contributed by atoms with Crippen LogP contribution in [0.5, 0.6) is 0 Å². The van der Waals surface area contributed by atoms with Crippen molar-refractivity contribution in [2.75, 3.05) is 0 Å². The molecule has 0 aliphatic heterocycles. The minimum absolute atomic E-state index is 0.0105. The quantitative estimate of drug-likeness (QED) is 0.835. The Labute approximate surface area is 92.5 Å². The zero-order chi connectivity index (χ0) is 11.6. The van der Waals surface area contributed by atoms with E-state index in [1.54, 1.807) is 0 Å². The predicted molar refractivity (Wildman–Crippen MR) is 51.3 cm³/mol. The van der Waals surface area contributed by atoms with Crippen LogP contribution in [0.15, 0.2) is 16.6 Å². The summed E-state index contributed by atoms with van der Waals surface area (Å²) in [5, 5.41) is 17.8. The molecule has 6 heteroatoms. The van der Waals surface area contributed by atoms with Crippen LogP contribution < -0.4 is 0 Å². The average molecular weight is 281 g/mol. The van der Waals surface area contributed by atoms with Crippen molar-refractivity contribution < 1.29 is 23.8 Å². The number of carboxylic acid groups (broad SMARTS) is 1. The van der Waals surface area contributed by atoms with Gasteiger partial charge in [0.25, 0.3) is 0 Å². The van der Waals surface area contributed by atoms with Gasteiger partial charge >= 0.3 is 5.97 Å². The SMILES string of the molecule is O=C(O)C[C@@H](O)c1cc(F)c(F)cc1Br. The lowest BCUT2D eigenvalue weighted by Gasteiger charge is -2.10. The predicted octanol–water partition coefficient (Wildman–Crippen LogP) is 2.24. The fourth-order valence-electron chi connectivity index (χ4n) is 1.07. The monoisotopic (exact) mass is 280 g/mol. The molecule has 2 N–H and O–H groups in total. The van der Waals surface area contributed by atoms with Crippen LogP contribution in [0.1, 0.15) is 18.1 Å². The number of carbonyl (C=O) groups is 1. The van der Waals surface area contributed by atoms with E-state index in [2.05, 4.69) is 15.9 Å². The number of hydrogen-bond donors (Lipinski definition) is 2. The van der Waals surface area contributed by atoms with Gasteiger partial charge in [0.1, 0.15) is 0 Å². The lowest BCUT2D eigenvalue weighted by molar-refractivity contribution is -0.139. The Morgan fingerprint density at radius 3 is 2.47 bits per heavy atom. The number of halogens is 3. The summed E-state index contributed by atoms with van der Waals surface area (Å²) in [7, 11) is 0. The molecule has 82 valence electrons. The standard InChI is InChI=1S/C9H7BrF2O3/c10-5-2-7(12)6(11)1-4(5)8(13)3-9(14)15/h1-2,8,13H,3H2,(H,14,15)/t8-/m1/s1. The van der Waals surface area contributed by atoms with Crippen LogP contribution in [0.25, 0.3) is 0 Å². The molecule has 0 saturated heterocycles. The van der Waals surface area contributed by atoms with Crippen LogP contribution >= 0.6 is 15.9 Å². The fraction of sp³-hybridized carbons (Fsp3) is 0.222. The molecule has 0 unspecified atom stereocenters. The second kappa shape index (κ2) is 4.67. The lowest BCUT2D eigenvalue weighted by Crippen LogP contribution is -2.07. The zero-order valence-corrected chi connectivity index (χ0v) is 8.96. The molecule has 0 spiro atoms. The lowest BCUT2D eigenvalue weighted by atomic mass is 10.1. The van der Waals surface area contributed by atoms with E-state index in [1.807, 2.05) is 0 Å². The first kappa shape index (κ1) is 12.1. The highest BCUT2D eigenvalue weighted by atomic mass is 79.9. The van der Waals surface area contributed by atoms with Crippen molar-refractivity contribution in [3.63, 3.8) is 0 Å². The number of aliphatic carboxylic acids is 1.